The summed E-state index contributed by atoms with van der Waals surface area (Å²) in [6, 6.07) is 12.2. The third-order valence-corrected chi connectivity index (χ3v) is 6.02. The number of hydrogen-bond donors (Lipinski definition) is 4. The van der Waals surface area contributed by atoms with Crippen molar-refractivity contribution in [3.05, 3.63) is 48.0 Å². The van der Waals surface area contributed by atoms with Gasteiger partial charge in [-0.15, -0.1) is 0 Å². The molecule has 0 amide bonds. The van der Waals surface area contributed by atoms with E-state index in [4.69, 9.17) is 33.2 Å². The molecule has 37 heavy (non-hydrogen) atoms. The molecule has 3 rings (SSSR count). The van der Waals surface area contributed by atoms with Gasteiger partial charge in [0.05, 0.1) is 34.0 Å². The lowest BCUT2D eigenvalue weighted by Gasteiger charge is -2.40. The van der Waals surface area contributed by atoms with E-state index in [1.54, 1.807) is 42.5 Å². The van der Waals surface area contributed by atoms with Gasteiger partial charge in [-0.3, -0.25) is 0 Å². The Kier molecular flexibility index (Phi) is 10.8. The Balaban J connectivity index is 1.92. The fraction of sp³-hybridized carbons (Fsp3) is 0.538. The smallest absolute Gasteiger partial charge is 0.186 e. The van der Waals surface area contributed by atoms with Crippen LogP contribution in [-0.4, -0.2) is 98.4 Å². The summed E-state index contributed by atoms with van der Waals surface area (Å²) in [5, 5.41) is 41.1. The molecule has 1 fully saturated rings. The van der Waals surface area contributed by atoms with Crippen molar-refractivity contribution in [1.82, 2.24) is 0 Å². The standard InChI is InChI=1S/C26H36O11/c1-5-34-17-11-10-15(12-19(17)32-3)25(20(13-27)36-18-9-7-6-8-16(18)31-2)35-14-21-22(28)23(29)24(30)26(33-4)37-21/h6-12,20-30H,5,13-14H2,1-4H3/t20-,21-,22-,23+,24-,25-,26-/m1/s1. The Hall–Kier alpha value is -2.64. The van der Waals surface area contributed by atoms with Gasteiger partial charge in [-0.2, -0.15) is 0 Å². The van der Waals surface area contributed by atoms with Crippen LogP contribution in [0.15, 0.2) is 42.5 Å². The lowest BCUT2D eigenvalue weighted by atomic mass is 9.99. The number of benzene rings is 2. The molecule has 0 saturated carbocycles. The molecule has 2 aromatic rings. The molecular formula is C26H36O11. The number of hydrogen-bond acceptors (Lipinski definition) is 11. The number of ether oxygens (including phenoxy) is 7. The Morgan fingerprint density at radius 1 is 0.865 bits per heavy atom. The second kappa shape index (κ2) is 13.8. The van der Waals surface area contributed by atoms with E-state index < -0.39 is 49.5 Å². The summed E-state index contributed by atoms with van der Waals surface area (Å²) in [6.45, 7) is 1.64. The topological polar surface area (TPSA) is 146 Å². The van der Waals surface area contributed by atoms with Gasteiger partial charge in [-0.05, 0) is 36.8 Å². The Morgan fingerprint density at radius 2 is 1.57 bits per heavy atom. The van der Waals surface area contributed by atoms with Crippen molar-refractivity contribution in [3.63, 3.8) is 0 Å². The van der Waals surface area contributed by atoms with Gasteiger partial charge < -0.3 is 53.6 Å². The summed E-state index contributed by atoms with van der Waals surface area (Å²) in [5.74, 6) is 1.84. The van der Waals surface area contributed by atoms with Gasteiger partial charge in [0, 0.05) is 7.11 Å². The minimum atomic E-state index is -1.50. The fourth-order valence-corrected chi connectivity index (χ4v) is 4.08. The van der Waals surface area contributed by atoms with Crippen LogP contribution in [0.1, 0.15) is 18.6 Å². The van der Waals surface area contributed by atoms with Crippen LogP contribution in [0.4, 0.5) is 0 Å². The summed E-state index contributed by atoms with van der Waals surface area (Å²) in [5.41, 5.74) is 0.587. The molecule has 2 aromatic carbocycles. The van der Waals surface area contributed by atoms with Crippen LogP contribution < -0.4 is 18.9 Å². The van der Waals surface area contributed by atoms with Gasteiger partial charge >= 0.3 is 0 Å². The summed E-state index contributed by atoms with van der Waals surface area (Å²) in [7, 11) is 4.33. The van der Waals surface area contributed by atoms with Gasteiger partial charge in [0.1, 0.15) is 30.5 Å². The highest BCUT2D eigenvalue weighted by Crippen LogP contribution is 2.36. The summed E-state index contributed by atoms with van der Waals surface area (Å²) in [6.07, 6.45) is -8.39. The van der Waals surface area contributed by atoms with Crippen LogP contribution in [0, 0.1) is 0 Å². The molecule has 0 spiro atoms. The van der Waals surface area contributed by atoms with E-state index in [0.717, 1.165) is 0 Å². The normalized spacial score (nSPS) is 25.2. The maximum absolute atomic E-state index is 10.5. The van der Waals surface area contributed by atoms with Crippen molar-refractivity contribution >= 4 is 0 Å². The monoisotopic (exact) mass is 524 g/mol. The van der Waals surface area contributed by atoms with Crippen LogP contribution >= 0.6 is 0 Å². The average Bonchev–Trinajstić information content (AvgIpc) is 2.93. The van der Waals surface area contributed by atoms with Crippen molar-refractivity contribution in [3.8, 4) is 23.0 Å². The number of aliphatic hydroxyl groups is 4. The predicted octanol–water partition coefficient (Wildman–Crippen LogP) is 1.05. The molecule has 0 radical (unpaired) electrons. The largest absolute Gasteiger partial charge is 0.493 e. The fourth-order valence-electron chi connectivity index (χ4n) is 4.08. The average molecular weight is 525 g/mol. The van der Waals surface area contributed by atoms with Crippen molar-refractivity contribution in [1.29, 1.82) is 0 Å². The number of aliphatic hydroxyl groups excluding tert-OH is 4. The quantitative estimate of drug-likeness (QED) is 0.298. The molecule has 206 valence electrons. The van der Waals surface area contributed by atoms with Crippen molar-refractivity contribution < 1.29 is 53.6 Å². The van der Waals surface area contributed by atoms with E-state index in [1.807, 2.05) is 6.92 Å². The maximum atomic E-state index is 10.5. The van der Waals surface area contributed by atoms with Gasteiger partial charge in [-0.25, -0.2) is 0 Å². The summed E-state index contributed by atoms with van der Waals surface area (Å²) in [4.78, 5) is 0. The van der Waals surface area contributed by atoms with E-state index >= 15 is 0 Å². The Morgan fingerprint density at radius 3 is 2.19 bits per heavy atom. The van der Waals surface area contributed by atoms with E-state index in [2.05, 4.69) is 0 Å². The van der Waals surface area contributed by atoms with Crippen LogP contribution in [-0.2, 0) is 14.2 Å². The third kappa shape index (κ3) is 6.82. The molecule has 11 nitrogen and oxygen atoms in total. The predicted molar refractivity (Wildman–Crippen MR) is 131 cm³/mol. The minimum absolute atomic E-state index is 0.225. The minimum Gasteiger partial charge on any atom is -0.493 e. The number of para-hydroxylation sites is 2. The maximum Gasteiger partial charge on any atom is 0.186 e. The molecule has 1 aliphatic heterocycles. The first-order valence-electron chi connectivity index (χ1n) is 11.9. The van der Waals surface area contributed by atoms with Gasteiger partial charge in [0.15, 0.2) is 35.4 Å². The Labute approximate surface area is 216 Å². The molecule has 0 aliphatic carbocycles. The van der Waals surface area contributed by atoms with E-state index in [1.165, 1.54) is 21.3 Å². The van der Waals surface area contributed by atoms with Crippen LogP contribution in [0.2, 0.25) is 0 Å². The van der Waals surface area contributed by atoms with Crippen molar-refractivity contribution in [2.75, 3.05) is 41.2 Å². The molecule has 1 aliphatic rings. The van der Waals surface area contributed by atoms with Gasteiger partial charge in [-0.1, -0.05) is 18.2 Å². The molecule has 0 aromatic heterocycles. The molecule has 11 heteroatoms. The van der Waals surface area contributed by atoms with Crippen LogP contribution in [0.5, 0.6) is 23.0 Å². The third-order valence-electron chi connectivity index (χ3n) is 6.02. The van der Waals surface area contributed by atoms with Crippen molar-refractivity contribution in [2.24, 2.45) is 0 Å². The molecule has 0 bridgehead atoms. The Bertz CT molecular complexity index is 969. The molecule has 4 N–H and O–H groups in total. The van der Waals surface area contributed by atoms with Crippen molar-refractivity contribution in [2.45, 2.75) is 49.8 Å². The van der Waals surface area contributed by atoms with Crippen LogP contribution in [0.25, 0.3) is 0 Å². The zero-order valence-electron chi connectivity index (χ0n) is 21.4. The van der Waals surface area contributed by atoms with E-state index in [9.17, 15) is 20.4 Å². The molecule has 7 atom stereocenters. The highest BCUT2D eigenvalue weighted by molar-refractivity contribution is 5.44. The SMILES string of the molecule is CCOc1ccc([C@@H](OC[C@H]2O[C@@H](OC)[C@H](O)[C@@H](O)[C@@H]2O)[C@@H](CO)Oc2ccccc2OC)cc1OC. The number of methoxy groups -OCH3 is 3. The molecule has 0 unspecified atom stereocenters. The highest BCUT2D eigenvalue weighted by atomic mass is 16.7. The molecule has 1 saturated heterocycles. The first-order chi connectivity index (χ1) is 17.9. The highest BCUT2D eigenvalue weighted by Gasteiger charge is 2.44. The lowest BCUT2D eigenvalue weighted by molar-refractivity contribution is -0.299. The first-order valence-corrected chi connectivity index (χ1v) is 11.9. The zero-order chi connectivity index (χ0) is 26.9. The van der Waals surface area contributed by atoms with Gasteiger partial charge in [0.25, 0.3) is 0 Å². The summed E-state index contributed by atoms with van der Waals surface area (Å²) >= 11 is 0. The number of rotatable bonds is 13. The first kappa shape index (κ1) is 28.9. The lowest BCUT2D eigenvalue weighted by Crippen LogP contribution is -2.59. The van der Waals surface area contributed by atoms with Crippen LogP contribution in [0.3, 0.4) is 0 Å². The molecular weight excluding hydrogens is 488 g/mol. The second-order valence-electron chi connectivity index (χ2n) is 8.34. The molecule has 1 heterocycles. The second-order valence-corrected chi connectivity index (χ2v) is 8.34. The van der Waals surface area contributed by atoms with Gasteiger partial charge in [0.2, 0.25) is 0 Å². The zero-order valence-corrected chi connectivity index (χ0v) is 21.4. The summed E-state index contributed by atoms with van der Waals surface area (Å²) < 4.78 is 39.4. The van der Waals surface area contributed by atoms with E-state index in [0.29, 0.717) is 35.2 Å². The van der Waals surface area contributed by atoms with E-state index in [-0.39, 0.29) is 6.61 Å².